The van der Waals surface area contributed by atoms with Crippen molar-refractivity contribution in [3.05, 3.63) is 17.7 Å². The van der Waals surface area contributed by atoms with Gasteiger partial charge in [0.2, 0.25) is 5.91 Å². The zero-order valence-corrected chi connectivity index (χ0v) is 16.4. The van der Waals surface area contributed by atoms with Gasteiger partial charge in [-0.3, -0.25) is 9.59 Å². The Bertz CT molecular complexity index is 651. The van der Waals surface area contributed by atoms with Crippen LogP contribution in [0.25, 0.3) is 0 Å². The molecule has 1 aromatic carbocycles. The first kappa shape index (κ1) is 20.2. The average molecular weight is 383 g/mol. The van der Waals surface area contributed by atoms with E-state index in [2.05, 4.69) is 0 Å². The van der Waals surface area contributed by atoms with Crippen molar-refractivity contribution in [2.24, 2.45) is 0 Å². The number of methoxy groups -OCH3 is 3. The van der Waals surface area contributed by atoms with Gasteiger partial charge in [0.1, 0.15) is 17.7 Å². The lowest BCUT2D eigenvalue weighted by Crippen LogP contribution is -2.34. The number of rotatable bonds is 9. The summed E-state index contributed by atoms with van der Waals surface area (Å²) in [6, 6.07) is 3.50. The number of esters is 1. The number of benzene rings is 1. The Balaban J connectivity index is 2.25. The first-order chi connectivity index (χ1) is 12.5. The molecule has 1 heterocycles. The predicted molar refractivity (Wildman–Crippen MR) is 98.9 cm³/mol. The van der Waals surface area contributed by atoms with Crippen molar-refractivity contribution in [2.75, 3.05) is 40.2 Å². The van der Waals surface area contributed by atoms with Gasteiger partial charge in [-0.15, -0.1) is 11.8 Å². The molecule has 0 aromatic heterocycles. The SMILES string of the molecule is CCCCOC(=O)CN1C(=O)CSC1c1cc(OC)c(OC)cc1OC. The fourth-order valence-corrected chi connectivity index (χ4v) is 3.85. The molecule has 0 saturated carbocycles. The number of hydrogen-bond donors (Lipinski definition) is 0. The minimum absolute atomic E-state index is 0.0856. The molecule has 1 aliphatic rings. The van der Waals surface area contributed by atoms with Gasteiger partial charge >= 0.3 is 5.97 Å². The fourth-order valence-electron chi connectivity index (χ4n) is 2.64. The summed E-state index contributed by atoms with van der Waals surface area (Å²) >= 11 is 1.44. The molecule has 0 radical (unpaired) electrons. The minimum atomic E-state index is -0.404. The number of hydrogen-bond acceptors (Lipinski definition) is 7. The number of thioether (sulfide) groups is 1. The largest absolute Gasteiger partial charge is 0.496 e. The quantitative estimate of drug-likeness (QED) is 0.479. The van der Waals surface area contributed by atoms with E-state index >= 15 is 0 Å². The third-order valence-corrected chi connectivity index (χ3v) is 5.27. The molecule has 1 aliphatic heterocycles. The highest BCUT2D eigenvalue weighted by molar-refractivity contribution is 8.00. The molecule has 1 atom stereocenters. The first-order valence-electron chi connectivity index (χ1n) is 8.42. The molecule has 7 nitrogen and oxygen atoms in total. The Labute approximate surface area is 157 Å². The molecule has 2 rings (SSSR count). The van der Waals surface area contributed by atoms with Gasteiger partial charge in [-0.25, -0.2) is 0 Å². The van der Waals surface area contributed by atoms with Crippen molar-refractivity contribution in [3.63, 3.8) is 0 Å². The highest BCUT2D eigenvalue weighted by Gasteiger charge is 2.36. The van der Waals surface area contributed by atoms with Crippen LogP contribution in [0.5, 0.6) is 17.2 Å². The van der Waals surface area contributed by atoms with Crippen molar-refractivity contribution >= 4 is 23.6 Å². The molecule has 1 amide bonds. The minimum Gasteiger partial charge on any atom is -0.496 e. The van der Waals surface area contributed by atoms with E-state index in [1.54, 1.807) is 33.5 Å². The molecular weight excluding hydrogens is 358 g/mol. The van der Waals surface area contributed by atoms with Crippen molar-refractivity contribution in [1.29, 1.82) is 0 Å². The van der Waals surface area contributed by atoms with E-state index in [4.69, 9.17) is 18.9 Å². The molecule has 0 bridgehead atoms. The van der Waals surface area contributed by atoms with Crippen LogP contribution in [0.1, 0.15) is 30.7 Å². The summed E-state index contributed by atoms with van der Waals surface area (Å²) in [5, 5.41) is -0.351. The molecule has 0 spiro atoms. The second-order valence-corrected chi connectivity index (χ2v) is 6.78. The molecule has 8 heteroatoms. The van der Waals surface area contributed by atoms with Gasteiger partial charge in [0.25, 0.3) is 0 Å². The summed E-state index contributed by atoms with van der Waals surface area (Å²) in [4.78, 5) is 25.9. The monoisotopic (exact) mass is 383 g/mol. The Hall–Kier alpha value is -2.09. The van der Waals surface area contributed by atoms with E-state index in [0.29, 0.717) is 29.6 Å². The maximum Gasteiger partial charge on any atom is 0.325 e. The highest BCUT2D eigenvalue weighted by atomic mass is 32.2. The Morgan fingerprint density at radius 1 is 1.15 bits per heavy atom. The lowest BCUT2D eigenvalue weighted by Gasteiger charge is -2.25. The van der Waals surface area contributed by atoms with Crippen molar-refractivity contribution < 1.29 is 28.5 Å². The summed E-state index contributed by atoms with van der Waals surface area (Å²) in [5.41, 5.74) is 0.752. The van der Waals surface area contributed by atoms with Gasteiger partial charge in [-0.05, 0) is 12.5 Å². The molecule has 26 heavy (non-hydrogen) atoms. The zero-order chi connectivity index (χ0) is 19.1. The van der Waals surface area contributed by atoms with Crippen LogP contribution in [0, 0.1) is 0 Å². The topological polar surface area (TPSA) is 74.3 Å². The van der Waals surface area contributed by atoms with Crippen LogP contribution < -0.4 is 14.2 Å². The molecular formula is C18H25NO6S. The van der Waals surface area contributed by atoms with Gasteiger partial charge in [0, 0.05) is 11.6 Å². The van der Waals surface area contributed by atoms with Crippen LogP contribution in [0.3, 0.4) is 0 Å². The van der Waals surface area contributed by atoms with Crippen molar-refractivity contribution in [1.82, 2.24) is 4.90 Å². The highest BCUT2D eigenvalue weighted by Crippen LogP contribution is 2.46. The zero-order valence-electron chi connectivity index (χ0n) is 15.6. The van der Waals surface area contributed by atoms with Crippen LogP contribution in [-0.2, 0) is 14.3 Å². The Morgan fingerprint density at radius 2 is 1.81 bits per heavy atom. The van der Waals surface area contributed by atoms with E-state index in [9.17, 15) is 9.59 Å². The van der Waals surface area contributed by atoms with Crippen LogP contribution in [-0.4, -0.2) is 57.0 Å². The molecule has 0 aliphatic carbocycles. The van der Waals surface area contributed by atoms with Gasteiger partial charge in [0.15, 0.2) is 11.5 Å². The Kier molecular flexibility index (Phi) is 7.44. The maximum atomic E-state index is 12.3. The number of nitrogens with zero attached hydrogens (tertiary/aromatic N) is 1. The van der Waals surface area contributed by atoms with E-state index in [1.165, 1.54) is 16.7 Å². The molecule has 1 fully saturated rings. The molecule has 1 saturated heterocycles. The average Bonchev–Trinajstić information content (AvgIpc) is 3.01. The third kappa shape index (κ3) is 4.55. The van der Waals surface area contributed by atoms with E-state index in [0.717, 1.165) is 18.4 Å². The van der Waals surface area contributed by atoms with Crippen LogP contribution in [0.2, 0.25) is 0 Å². The second-order valence-electron chi connectivity index (χ2n) is 5.71. The van der Waals surface area contributed by atoms with Crippen LogP contribution in [0.15, 0.2) is 12.1 Å². The lowest BCUT2D eigenvalue weighted by molar-refractivity contribution is -0.148. The van der Waals surface area contributed by atoms with Crippen molar-refractivity contribution in [2.45, 2.75) is 25.1 Å². The number of ether oxygens (including phenoxy) is 4. The number of carbonyl (C=O) groups is 2. The smallest absolute Gasteiger partial charge is 0.325 e. The summed E-state index contributed by atoms with van der Waals surface area (Å²) in [7, 11) is 4.64. The van der Waals surface area contributed by atoms with Gasteiger partial charge in [-0.1, -0.05) is 13.3 Å². The predicted octanol–water partition coefficient (Wildman–Crippen LogP) is 2.63. The summed E-state index contributed by atoms with van der Waals surface area (Å²) in [6.07, 6.45) is 1.75. The first-order valence-corrected chi connectivity index (χ1v) is 9.47. The number of amides is 1. The number of carbonyl (C=O) groups excluding carboxylic acids is 2. The van der Waals surface area contributed by atoms with E-state index in [1.807, 2.05) is 6.92 Å². The van der Waals surface area contributed by atoms with Crippen LogP contribution in [0.4, 0.5) is 0 Å². The molecule has 0 N–H and O–H groups in total. The Morgan fingerprint density at radius 3 is 2.42 bits per heavy atom. The fraction of sp³-hybridized carbons (Fsp3) is 0.556. The number of unbranched alkanes of at least 4 members (excludes halogenated alkanes) is 1. The van der Waals surface area contributed by atoms with Crippen molar-refractivity contribution in [3.8, 4) is 17.2 Å². The summed E-state index contributed by atoms with van der Waals surface area (Å²) < 4.78 is 21.3. The summed E-state index contributed by atoms with van der Waals surface area (Å²) in [6.45, 7) is 2.31. The normalized spacial score (nSPS) is 16.5. The summed E-state index contributed by atoms with van der Waals surface area (Å²) in [5.74, 6) is 1.42. The standard InChI is InChI=1S/C18H25NO6S/c1-5-6-7-25-17(21)10-19-16(20)11-26-18(19)12-8-14(23-3)15(24-4)9-13(12)22-2/h8-9,18H,5-7,10-11H2,1-4H3. The van der Waals surface area contributed by atoms with Gasteiger partial charge < -0.3 is 23.8 Å². The third-order valence-electron chi connectivity index (χ3n) is 4.03. The van der Waals surface area contributed by atoms with Crippen LogP contribution >= 0.6 is 11.8 Å². The van der Waals surface area contributed by atoms with Gasteiger partial charge in [0.05, 0.1) is 33.7 Å². The van der Waals surface area contributed by atoms with E-state index < -0.39 is 5.97 Å². The second kappa shape index (κ2) is 9.56. The lowest BCUT2D eigenvalue weighted by atomic mass is 10.1. The van der Waals surface area contributed by atoms with E-state index in [-0.39, 0.29) is 17.8 Å². The molecule has 1 aromatic rings. The molecule has 1 unspecified atom stereocenters. The van der Waals surface area contributed by atoms with Gasteiger partial charge in [-0.2, -0.15) is 0 Å². The molecule has 144 valence electrons. The maximum absolute atomic E-state index is 12.3.